The molecule has 0 spiro atoms. The molecule has 1 unspecified atom stereocenters. The number of rotatable bonds is 5. The van der Waals surface area contributed by atoms with Gasteiger partial charge in [-0.25, -0.2) is 0 Å². The highest BCUT2D eigenvalue weighted by Crippen LogP contribution is 2.39. The molecule has 1 aromatic rings. The molecule has 0 aliphatic heterocycles. The van der Waals surface area contributed by atoms with Crippen molar-refractivity contribution in [3.8, 4) is 12.1 Å². The average molecular weight is 222 g/mol. The van der Waals surface area contributed by atoms with Gasteiger partial charge in [-0.2, -0.15) is 10.5 Å². The number of benzene rings is 1. The number of allylic oxidation sites excluding steroid dienone is 2. The molecule has 0 saturated heterocycles. The van der Waals surface area contributed by atoms with Gasteiger partial charge in [0.25, 0.3) is 0 Å². The van der Waals surface area contributed by atoms with Gasteiger partial charge in [-0.15, -0.1) is 13.2 Å². The minimum absolute atomic E-state index is 0.309. The van der Waals surface area contributed by atoms with Crippen LogP contribution in [0.1, 0.15) is 17.9 Å². The summed E-state index contributed by atoms with van der Waals surface area (Å²) in [4.78, 5) is 0. The molecule has 0 fully saturated rings. The summed E-state index contributed by atoms with van der Waals surface area (Å²) in [5, 5.41) is 18.6. The molecule has 1 aromatic carbocycles. The van der Waals surface area contributed by atoms with Gasteiger partial charge in [-0.1, -0.05) is 42.5 Å². The van der Waals surface area contributed by atoms with Crippen molar-refractivity contribution in [3.63, 3.8) is 0 Å². The topological polar surface area (TPSA) is 47.6 Å². The molecule has 17 heavy (non-hydrogen) atoms. The van der Waals surface area contributed by atoms with Crippen molar-refractivity contribution in [2.24, 2.45) is 5.41 Å². The van der Waals surface area contributed by atoms with E-state index in [1.54, 1.807) is 12.2 Å². The first-order chi connectivity index (χ1) is 8.24. The average Bonchev–Trinajstić information content (AvgIpc) is 2.39. The maximum atomic E-state index is 9.30. The molecule has 0 aliphatic rings. The van der Waals surface area contributed by atoms with Gasteiger partial charge in [-0.3, -0.25) is 0 Å². The normalized spacial score (nSPS) is 11.9. The van der Waals surface area contributed by atoms with Crippen LogP contribution in [-0.4, -0.2) is 0 Å². The second kappa shape index (κ2) is 5.68. The summed E-state index contributed by atoms with van der Waals surface area (Å²) in [6, 6.07) is 13.7. The Hall–Kier alpha value is -2.32. The largest absolute Gasteiger partial charge is 0.197 e. The Morgan fingerprint density at radius 1 is 1.18 bits per heavy atom. The van der Waals surface area contributed by atoms with Crippen molar-refractivity contribution in [2.75, 3.05) is 0 Å². The third-order valence-electron chi connectivity index (χ3n) is 2.79. The summed E-state index contributed by atoms with van der Waals surface area (Å²) in [5.41, 5.74) is -0.197. The zero-order chi connectivity index (χ0) is 12.7. The molecule has 0 radical (unpaired) electrons. The van der Waals surface area contributed by atoms with Gasteiger partial charge in [0.1, 0.15) is 0 Å². The molecule has 84 valence electrons. The maximum Gasteiger partial charge on any atom is 0.157 e. The molecule has 2 nitrogen and oxygen atoms in total. The van der Waals surface area contributed by atoms with Gasteiger partial charge in [-0.05, 0) is 12.0 Å². The van der Waals surface area contributed by atoms with E-state index >= 15 is 0 Å². The van der Waals surface area contributed by atoms with Gasteiger partial charge in [0, 0.05) is 5.92 Å². The molecule has 0 aromatic heterocycles. The van der Waals surface area contributed by atoms with Gasteiger partial charge in [0.05, 0.1) is 12.1 Å². The molecule has 2 heteroatoms. The first kappa shape index (κ1) is 12.7. The van der Waals surface area contributed by atoms with Crippen molar-refractivity contribution in [1.29, 1.82) is 10.5 Å². The second-order valence-electron chi connectivity index (χ2n) is 3.81. The molecular formula is C15H14N2. The van der Waals surface area contributed by atoms with E-state index in [9.17, 15) is 10.5 Å². The molecule has 0 amide bonds. The van der Waals surface area contributed by atoms with Crippen molar-refractivity contribution in [3.05, 3.63) is 61.2 Å². The Balaban J connectivity index is 3.26. The fraction of sp³-hybridized carbons (Fsp3) is 0.200. The lowest BCUT2D eigenvalue weighted by atomic mass is 9.72. The van der Waals surface area contributed by atoms with Crippen LogP contribution < -0.4 is 0 Å². The van der Waals surface area contributed by atoms with Crippen molar-refractivity contribution in [2.45, 2.75) is 12.3 Å². The lowest BCUT2D eigenvalue weighted by Gasteiger charge is -2.25. The summed E-state index contributed by atoms with van der Waals surface area (Å²) >= 11 is 0. The number of nitrogens with zero attached hydrogens (tertiary/aromatic N) is 2. The van der Waals surface area contributed by atoms with E-state index in [0.29, 0.717) is 6.42 Å². The standard InChI is InChI=1S/C15H14N2/c1-3-10-15(11-16,12-17)14(4-2)13-8-6-5-7-9-13/h3-9,14H,1-2,10H2. The minimum atomic E-state index is -1.12. The van der Waals surface area contributed by atoms with Crippen LogP contribution in [0.15, 0.2) is 55.6 Å². The van der Waals surface area contributed by atoms with E-state index in [1.807, 2.05) is 30.3 Å². The summed E-state index contributed by atoms with van der Waals surface area (Å²) in [7, 11) is 0. The Morgan fingerprint density at radius 3 is 2.18 bits per heavy atom. The molecule has 0 N–H and O–H groups in total. The van der Waals surface area contributed by atoms with Crippen LogP contribution >= 0.6 is 0 Å². The third kappa shape index (κ3) is 2.44. The van der Waals surface area contributed by atoms with E-state index < -0.39 is 5.41 Å². The highest BCUT2D eigenvalue weighted by atomic mass is 14.4. The van der Waals surface area contributed by atoms with E-state index in [0.717, 1.165) is 5.56 Å². The molecule has 0 saturated carbocycles. The highest BCUT2D eigenvalue weighted by molar-refractivity contribution is 5.35. The van der Waals surface area contributed by atoms with E-state index in [-0.39, 0.29) is 5.92 Å². The van der Waals surface area contributed by atoms with E-state index in [1.165, 1.54) is 0 Å². The molecule has 0 aliphatic carbocycles. The van der Waals surface area contributed by atoms with Crippen molar-refractivity contribution >= 4 is 0 Å². The van der Waals surface area contributed by atoms with Gasteiger partial charge < -0.3 is 0 Å². The fourth-order valence-corrected chi connectivity index (χ4v) is 1.89. The molecule has 0 bridgehead atoms. The predicted octanol–water partition coefficient (Wildman–Crippen LogP) is 3.57. The first-order valence-corrected chi connectivity index (χ1v) is 5.35. The fourth-order valence-electron chi connectivity index (χ4n) is 1.89. The summed E-state index contributed by atoms with van der Waals surface area (Å²) in [5.74, 6) is -0.309. The SMILES string of the molecule is C=CCC(C#N)(C#N)C(C=C)c1ccccc1. The van der Waals surface area contributed by atoms with Crippen LogP contribution in [0.4, 0.5) is 0 Å². The van der Waals surface area contributed by atoms with Crippen LogP contribution in [0, 0.1) is 28.1 Å². The highest BCUT2D eigenvalue weighted by Gasteiger charge is 2.37. The molecule has 1 rings (SSSR count). The summed E-state index contributed by atoms with van der Waals surface area (Å²) < 4.78 is 0. The van der Waals surface area contributed by atoms with Crippen LogP contribution in [0.25, 0.3) is 0 Å². The predicted molar refractivity (Wildman–Crippen MR) is 67.9 cm³/mol. The quantitative estimate of drug-likeness (QED) is 0.715. The van der Waals surface area contributed by atoms with Crippen LogP contribution in [-0.2, 0) is 0 Å². The summed E-state index contributed by atoms with van der Waals surface area (Å²) in [6.07, 6.45) is 3.59. The van der Waals surface area contributed by atoms with E-state index in [2.05, 4.69) is 25.3 Å². The van der Waals surface area contributed by atoms with E-state index in [4.69, 9.17) is 0 Å². The van der Waals surface area contributed by atoms with Crippen molar-refractivity contribution < 1.29 is 0 Å². The molecular weight excluding hydrogens is 208 g/mol. The first-order valence-electron chi connectivity index (χ1n) is 5.35. The Kier molecular flexibility index (Phi) is 4.26. The Labute approximate surface area is 102 Å². The van der Waals surface area contributed by atoms with Gasteiger partial charge in [0.15, 0.2) is 5.41 Å². The third-order valence-corrected chi connectivity index (χ3v) is 2.79. The zero-order valence-electron chi connectivity index (χ0n) is 9.63. The second-order valence-corrected chi connectivity index (χ2v) is 3.81. The number of hydrogen-bond acceptors (Lipinski definition) is 2. The monoisotopic (exact) mass is 222 g/mol. The number of nitriles is 2. The van der Waals surface area contributed by atoms with Gasteiger partial charge in [0.2, 0.25) is 0 Å². The van der Waals surface area contributed by atoms with Crippen LogP contribution in [0.2, 0.25) is 0 Å². The maximum absolute atomic E-state index is 9.30. The zero-order valence-corrected chi connectivity index (χ0v) is 9.63. The van der Waals surface area contributed by atoms with Crippen LogP contribution in [0.5, 0.6) is 0 Å². The Bertz CT molecular complexity index is 460. The van der Waals surface area contributed by atoms with Crippen molar-refractivity contribution in [1.82, 2.24) is 0 Å². The minimum Gasteiger partial charge on any atom is -0.197 e. The summed E-state index contributed by atoms with van der Waals surface area (Å²) in [6.45, 7) is 7.36. The van der Waals surface area contributed by atoms with Gasteiger partial charge >= 0.3 is 0 Å². The lowest BCUT2D eigenvalue weighted by molar-refractivity contribution is 0.473. The number of hydrogen-bond donors (Lipinski definition) is 0. The van der Waals surface area contributed by atoms with Crippen LogP contribution in [0.3, 0.4) is 0 Å². The smallest absolute Gasteiger partial charge is 0.157 e. The molecule has 0 heterocycles. The molecule has 1 atom stereocenters. The lowest BCUT2D eigenvalue weighted by Crippen LogP contribution is -2.24. The Morgan fingerprint density at radius 2 is 1.76 bits per heavy atom.